The lowest BCUT2D eigenvalue weighted by atomic mass is 10.2. The second-order valence-electron chi connectivity index (χ2n) is 6.56. The van der Waals surface area contributed by atoms with Crippen molar-refractivity contribution in [1.82, 2.24) is 45.5 Å². The van der Waals surface area contributed by atoms with Crippen molar-refractivity contribution in [2.75, 3.05) is 20.0 Å². The Balaban J connectivity index is 1.59. The summed E-state index contributed by atoms with van der Waals surface area (Å²) in [6.45, 7) is 0. The Morgan fingerprint density at radius 1 is 1.29 bits per heavy atom. The highest BCUT2D eigenvalue weighted by Gasteiger charge is 2.24. The van der Waals surface area contributed by atoms with Crippen LogP contribution < -0.4 is 20.6 Å². The van der Waals surface area contributed by atoms with Gasteiger partial charge in [0.05, 0.1) is 26.1 Å². The number of benzene rings is 1. The number of nitrogens with two attached hydrogens (primary N) is 1. The minimum atomic E-state index is -0.604. The molecule has 0 unspecified atom stereocenters. The van der Waals surface area contributed by atoms with E-state index in [1.165, 1.54) is 36.9 Å². The molecule has 34 heavy (non-hydrogen) atoms. The maximum atomic E-state index is 12.9. The number of hydrogen-bond acceptors (Lipinski definition) is 13. The standard InChI is InChI=1S/C18H19N11O4S/c1-28-9-21-24-18(28)34-8-11-13(22-27-29(11)16-15(19)25-33-26-16)17(30)23-20-7-10-5-4-6-12(31-2)14(10)32-3/h4-7,9H,8H2,1-3H3,(H2,19,25)(H,23,30)/b20-7+. The number of rotatable bonds is 9. The van der Waals surface area contributed by atoms with Crippen LogP contribution in [0.4, 0.5) is 5.82 Å². The van der Waals surface area contributed by atoms with Crippen molar-refractivity contribution >= 4 is 29.7 Å². The summed E-state index contributed by atoms with van der Waals surface area (Å²) in [4.78, 5) is 12.9. The van der Waals surface area contributed by atoms with Crippen LogP contribution >= 0.6 is 11.8 Å². The van der Waals surface area contributed by atoms with Gasteiger partial charge in [-0.25, -0.2) is 10.1 Å². The Bertz CT molecular complexity index is 1330. The van der Waals surface area contributed by atoms with Gasteiger partial charge in [0.2, 0.25) is 11.6 Å². The lowest BCUT2D eigenvalue weighted by Gasteiger charge is -2.09. The monoisotopic (exact) mass is 485 g/mol. The largest absolute Gasteiger partial charge is 0.493 e. The minimum Gasteiger partial charge on any atom is -0.493 e. The molecule has 1 amide bonds. The van der Waals surface area contributed by atoms with Gasteiger partial charge in [0, 0.05) is 18.4 Å². The average molecular weight is 485 g/mol. The van der Waals surface area contributed by atoms with E-state index in [0.717, 1.165) is 0 Å². The van der Waals surface area contributed by atoms with Crippen molar-refractivity contribution in [3.8, 4) is 17.3 Å². The predicted octanol–water partition coefficient (Wildman–Crippen LogP) is 0.434. The second-order valence-corrected chi connectivity index (χ2v) is 7.51. The van der Waals surface area contributed by atoms with Gasteiger partial charge in [-0.2, -0.15) is 9.78 Å². The van der Waals surface area contributed by atoms with Crippen molar-refractivity contribution in [3.05, 3.63) is 41.5 Å². The number of anilines is 1. The summed E-state index contributed by atoms with van der Waals surface area (Å²) in [5.74, 6) is 0.732. The van der Waals surface area contributed by atoms with E-state index in [1.807, 2.05) is 0 Å². The van der Waals surface area contributed by atoms with E-state index in [1.54, 1.807) is 36.1 Å². The van der Waals surface area contributed by atoms with E-state index in [2.05, 4.69) is 46.0 Å². The molecule has 0 radical (unpaired) electrons. The van der Waals surface area contributed by atoms with Crippen molar-refractivity contribution < 1.29 is 18.9 Å². The van der Waals surface area contributed by atoms with Gasteiger partial charge in [-0.1, -0.05) is 23.0 Å². The van der Waals surface area contributed by atoms with Crippen LogP contribution in [0.5, 0.6) is 11.5 Å². The number of para-hydroxylation sites is 1. The van der Waals surface area contributed by atoms with Crippen LogP contribution in [-0.2, 0) is 12.8 Å². The minimum absolute atomic E-state index is 0.00632. The molecule has 0 saturated carbocycles. The Hall–Kier alpha value is -4.47. The molecule has 3 aromatic heterocycles. The number of aromatic nitrogens is 8. The molecule has 3 heterocycles. The lowest BCUT2D eigenvalue weighted by molar-refractivity contribution is 0.0949. The van der Waals surface area contributed by atoms with Gasteiger partial charge in [0.1, 0.15) is 6.33 Å². The van der Waals surface area contributed by atoms with Crippen LogP contribution in [0.3, 0.4) is 0 Å². The van der Waals surface area contributed by atoms with Crippen LogP contribution in [0.15, 0.2) is 39.4 Å². The van der Waals surface area contributed by atoms with Gasteiger partial charge < -0.3 is 19.8 Å². The van der Waals surface area contributed by atoms with Gasteiger partial charge in [0.25, 0.3) is 5.91 Å². The molecular weight excluding hydrogens is 466 g/mol. The fourth-order valence-corrected chi connectivity index (χ4v) is 3.76. The molecule has 1 aromatic carbocycles. The molecule has 4 rings (SSSR count). The van der Waals surface area contributed by atoms with Crippen molar-refractivity contribution in [2.45, 2.75) is 10.9 Å². The third-order valence-corrected chi connectivity index (χ3v) is 5.53. The van der Waals surface area contributed by atoms with Gasteiger partial charge in [-0.05, 0) is 22.4 Å². The van der Waals surface area contributed by atoms with Crippen molar-refractivity contribution in [1.29, 1.82) is 0 Å². The molecule has 0 spiro atoms. The summed E-state index contributed by atoms with van der Waals surface area (Å²) >= 11 is 1.31. The molecule has 0 fully saturated rings. The van der Waals surface area contributed by atoms with Gasteiger partial charge in [-0.3, -0.25) is 4.79 Å². The molecule has 176 valence electrons. The number of methoxy groups -OCH3 is 2. The number of thioether (sulfide) groups is 1. The SMILES string of the molecule is COc1cccc(/C=N/NC(=O)c2nnn(-c3nonc3N)c2CSc2nncn2C)c1OC. The van der Waals surface area contributed by atoms with E-state index in [-0.39, 0.29) is 23.1 Å². The van der Waals surface area contributed by atoms with Crippen LogP contribution in [0, 0.1) is 0 Å². The third kappa shape index (κ3) is 4.51. The summed E-state index contributed by atoms with van der Waals surface area (Å²) < 4.78 is 18.3. The van der Waals surface area contributed by atoms with Crippen molar-refractivity contribution in [2.24, 2.45) is 12.1 Å². The quantitative estimate of drug-likeness (QED) is 0.189. The predicted molar refractivity (Wildman–Crippen MR) is 119 cm³/mol. The van der Waals surface area contributed by atoms with Gasteiger partial charge >= 0.3 is 0 Å². The second kappa shape index (κ2) is 9.99. The summed E-state index contributed by atoms with van der Waals surface area (Å²) in [6.07, 6.45) is 2.99. The number of hydrazone groups is 1. The summed E-state index contributed by atoms with van der Waals surface area (Å²) in [5.41, 5.74) is 9.23. The first kappa shape index (κ1) is 22.7. The summed E-state index contributed by atoms with van der Waals surface area (Å²) in [6, 6.07) is 5.28. The highest BCUT2D eigenvalue weighted by Crippen LogP contribution is 2.29. The number of ether oxygens (including phenoxy) is 2. The zero-order valence-electron chi connectivity index (χ0n) is 18.2. The summed E-state index contributed by atoms with van der Waals surface area (Å²) in [7, 11) is 4.84. The van der Waals surface area contributed by atoms with Crippen LogP contribution in [0.2, 0.25) is 0 Å². The van der Waals surface area contributed by atoms with E-state index >= 15 is 0 Å². The van der Waals surface area contributed by atoms with Crippen molar-refractivity contribution in [3.63, 3.8) is 0 Å². The topological polar surface area (TPSA) is 186 Å². The smallest absolute Gasteiger partial charge is 0.293 e. The molecule has 0 aliphatic carbocycles. The average Bonchev–Trinajstić information content (AvgIpc) is 3.56. The van der Waals surface area contributed by atoms with Crippen LogP contribution in [0.1, 0.15) is 21.7 Å². The molecule has 16 heteroatoms. The Morgan fingerprint density at radius 3 is 2.82 bits per heavy atom. The number of nitrogens with one attached hydrogen (secondary N) is 1. The van der Waals surface area contributed by atoms with Crippen LogP contribution in [0.25, 0.3) is 5.82 Å². The first-order valence-corrected chi connectivity index (χ1v) is 10.6. The molecule has 0 aliphatic rings. The Labute approximate surface area is 196 Å². The normalized spacial score (nSPS) is 11.1. The fourth-order valence-electron chi connectivity index (χ4n) is 2.88. The number of hydrogen-bond donors (Lipinski definition) is 2. The number of amides is 1. The summed E-state index contributed by atoms with van der Waals surface area (Å²) in [5, 5.41) is 27.8. The van der Waals surface area contributed by atoms with Gasteiger partial charge in [-0.15, -0.1) is 15.3 Å². The lowest BCUT2D eigenvalue weighted by Crippen LogP contribution is -2.20. The fraction of sp³-hybridized carbons (Fsp3) is 0.222. The number of nitrogen functional groups attached to an aromatic ring is 1. The van der Waals surface area contributed by atoms with E-state index in [0.29, 0.717) is 27.9 Å². The highest BCUT2D eigenvalue weighted by molar-refractivity contribution is 7.98. The molecular formula is C18H19N11O4S. The highest BCUT2D eigenvalue weighted by atomic mass is 32.2. The molecule has 0 saturated heterocycles. The first-order valence-electron chi connectivity index (χ1n) is 9.57. The maximum Gasteiger partial charge on any atom is 0.293 e. The molecule has 0 aliphatic heterocycles. The molecule has 0 atom stereocenters. The zero-order valence-corrected chi connectivity index (χ0v) is 19.1. The van der Waals surface area contributed by atoms with Crippen LogP contribution in [-0.4, -0.2) is 66.4 Å². The maximum absolute atomic E-state index is 12.9. The number of nitrogens with zero attached hydrogens (tertiary/aromatic N) is 9. The number of carbonyl (C=O) groups is 1. The number of aryl methyl sites for hydroxylation is 1. The third-order valence-electron chi connectivity index (χ3n) is 4.49. The molecule has 3 N–H and O–H groups in total. The first-order chi connectivity index (χ1) is 16.5. The number of carbonyl (C=O) groups excluding carboxylic acids is 1. The zero-order chi connectivity index (χ0) is 24.1. The molecule has 0 bridgehead atoms. The van der Waals surface area contributed by atoms with E-state index in [9.17, 15) is 4.79 Å². The molecule has 15 nitrogen and oxygen atoms in total. The molecule has 4 aromatic rings. The Kier molecular flexibility index (Phi) is 6.67. The van der Waals surface area contributed by atoms with E-state index in [4.69, 9.17) is 15.2 Å². The van der Waals surface area contributed by atoms with Gasteiger partial charge in [0.15, 0.2) is 22.3 Å². The van der Waals surface area contributed by atoms with E-state index < -0.39 is 5.91 Å². The Morgan fingerprint density at radius 2 is 2.15 bits per heavy atom.